The molecule has 16 heavy (non-hydrogen) atoms. The summed E-state index contributed by atoms with van der Waals surface area (Å²) in [7, 11) is -1.64. The van der Waals surface area contributed by atoms with Gasteiger partial charge in [0, 0.05) is 12.0 Å². The number of halogens is 2. The highest BCUT2D eigenvalue weighted by molar-refractivity contribution is 9.28. The van der Waals surface area contributed by atoms with Gasteiger partial charge in [0.15, 0.2) is 8.32 Å². The molecule has 1 nitrogen and oxygen atoms in total. The van der Waals surface area contributed by atoms with Crippen molar-refractivity contribution in [1.29, 1.82) is 0 Å². The summed E-state index contributed by atoms with van der Waals surface area (Å²) >= 11 is 6.79. The summed E-state index contributed by atoms with van der Waals surface area (Å²) < 4.78 is 7.32. The third-order valence-electron chi connectivity index (χ3n) is 3.42. The Bertz CT molecular complexity index is 252. The van der Waals surface area contributed by atoms with Crippen molar-refractivity contribution in [2.24, 2.45) is 5.92 Å². The highest BCUT2D eigenvalue weighted by Gasteiger charge is 2.38. The quantitative estimate of drug-likeness (QED) is 0.579. The fourth-order valence-corrected chi connectivity index (χ4v) is 3.41. The van der Waals surface area contributed by atoms with E-state index in [1.165, 1.54) is 0 Å². The standard InChI is InChI=1S/C12H24Br2OSi/c1-9(8-11(13)14)10(2)15-16(6,7)12(3,4)5/h8-10H,1-7H3/t9-,10-/m1/s1. The molecule has 0 aliphatic rings. The topological polar surface area (TPSA) is 9.23 Å². The van der Waals surface area contributed by atoms with Crippen LogP contribution in [-0.4, -0.2) is 14.4 Å². The number of rotatable bonds is 4. The van der Waals surface area contributed by atoms with Crippen molar-refractivity contribution in [3.05, 3.63) is 9.47 Å². The lowest BCUT2D eigenvalue weighted by Gasteiger charge is -2.39. The van der Waals surface area contributed by atoms with Crippen molar-refractivity contribution < 1.29 is 4.43 Å². The van der Waals surface area contributed by atoms with E-state index in [9.17, 15) is 0 Å². The zero-order chi connectivity index (χ0) is 13.1. The summed E-state index contributed by atoms with van der Waals surface area (Å²) in [6.45, 7) is 15.7. The molecule has 0 bridgehead atoms. The van der Waals surface area contributed by atoms with E-state index in [1.54, 1.807) is 0 Å². The fourth-order valence-electron chi connectivity index (χ4n) is 1.08. The van der Waals surface area contributed by atoms with Crippen LogP contribution in [0, 0.1) is 5.92 Å². The van der Waals surface area contributed by atoms with Crippen molar-refractivity contribution in [2.75, 3.05) is 0 Å². The Morgan fingerprint density at radius 3 is 1.94 bits per heavy atom. The first-order valence-corrected chi connectivity index (χ1v) is 10.2. The Morgan fingerprint density at radius 1 is 1.19 bits per heavy atom. The van der Waals surface area contributed by atoms with Crippen LogP contribution in [0.3, 0.4) is 0 Å². The Labute approximate surface area is 118 Å². The summed E-state index contributed by atoms with van der Waals surface area (Å²) in [5.41, 5.74) is 0. The van der Waals surface area contributed by atoms with Gasteiger partial charge in [0.05, 0.1) is 3.39 Å². The Morgan fingerprint density at radius 2 is 1.62 bits per heavy atom. The van der Waals surface area contributed by atoms with E-state index >= 15 is 0 Å². The molecule has 0 heterocycles. The monoisotopic (exact) mass is 370 g/mol. The van der Waals surface area contributed by atoms with Gasteiger partial charge in [-0.25, -0.2) is 0 Å². The Balaban J connectivity index is 4.57. The van der Waals surface area contributed by atoms with E-state index in [1.807, 2.05) is 0 Å². The molecule has 0 unspecified atom stereocenters. The highest BCUT2D eigenvalue weighted by atomic mass is 79.9. The second kappa shape index (κ2) is 6.16. The van der Waals surface area contributed by atoms with Gasteiger partial charge in [0.2, 0.25) is 0 Å². The minimum absolute atomic E-state index is 0.256. The average molecular weight is 372 g/mol. The molecular weight excluding hydrogens is 348 g/mol. The van der Waals surface area contributed by atoms with E-state index < -0.39 is 8.32 Å². The summed E-state index contributed by atoms with van der Waals surface area (Å²) in [4.78, 5) is 0. The van der Waals surface area contributed by atoms with Crippen LogP contribution in [0.2, 0.25) is 18.1 Å². The molecule has 96 valence electrons. The van der Waals surface area contributed by atoms with Gasteiger partial charge >= 0.3 is 0 Å². The van der Waals surface area contributed by atoms with Crippen LogP contribution >= 0.6 is 31.9 Å². The van der Waals surface area contributed by atoms with Crippen molar-refractivity contribution in [3.63, 3.8) is 0 Å². The number of hydrogen-bond donors (Lipinski definition) is 0. The molecule has 0 rings (SSSR count). The predicted molar refractivity (Wildman–Crippen MR) is 82.8 cm³/mol. The maximum absolute atomic E-state index is 6.32. The smallest absolute Gasteiger partial charge is 0.192 e. The molecule has 0 saturated carbocycles. The third-order valence-corrected chi connectivity index (χ3v) is 8.52. The maximum Gasteiger partial charge on any atom is 0.192 e. The molecule has 0 aromatic heterocycles. The van der Waals surface area contributed by atoms with Crippen LogP contribution < -0.4 is 0 Å². The first-order valence-electron chi connectivity index (χ1n) is 5.68. The summed E-state index contributed by atoms with van der Waals surface area (Å²) in [5, 5.41) is 0.274. The fraction of sp³-hybridized carbons (Fsp3) is 0.833. The van der Waals surface area contributed by atoms with Crippen molar-refractivity contribution in [1.82, 2.24) is 0 Å². The molecule has 0 saturated heterocycles. The Kier molecular flexibility index (Phi) is 6.50. The minimum atomic E-state index is -1.64. The van der Waals surface area contributed by atoms with Crippen LogP contribution in [-0.2, 0) is 4.43 Å². The summed E-state index contributed by atoms with van der Waals surface area (Å²) in [6.07, 6.45) is 2.39. The van der Waals surface area contributed by atoms with Gasteiger partial charge < -0.3 is 4.43 Å². The summed E-state index contributed by atoms with van der Waals surface area (Å²) in [6, 6.07) is 0. The molecular formula is C12H24Br2OSi. The zero-order valence-electron chi connectivity index (χ0n) is 11.4. The normalized spacial score (nSPS) is 16.8. The van der Waals surface area contributed by atoms with Gasteiger partial charge in [-0.2, -0.15) is 0 Å². The van der Waals surface area contributed by atoms with Gasteiger partial charge in [-0.15, -0.1) is 0 Å². The second-order valence-electron chi connectivity index (χ2n) is 5.90. The molecule has 0 aromatic carbocycles. The molecule has 2 atom stereocenters. The lowest BCUT2D eigenvalue weighted by atomic mass is 10.1. The molecule has 0 aliphatic heterocycles. The van der Waals surface area contributed by atoms with E-state index in [-0.39, 0.29) is 11.1 Å². The van der Waals surface area contributed by atoms with Gasteiger partial charge in [-0.3, -0.25) is 0 Å². The molecule has 0 aromatic rings. The SMILES string of the molecule is C[C@H](C=C(Br)Br)[C@@H](C)O[Si](C)(C)C(C)(C)C. The number of hydrogen-bond acceptors (Lipinski definition) is 1. The molecule has 0 fully saturated rings. The molecule has 0 N–H and O–H groups in total. The first kappa shape index (κ1) is 16.9. The van der Waals surface area contributed by atoms with Crippen molar-refractivity contribution >= 4 is 40.2 Å². The minimum Gasteiger partial charge on any atom is -0.414 e. The van der Waals surface area contributed by atoms with E-state index in [2.05, 4.69) is 85.6 Å². The zero-order valence-corrected chi connectivity index (χ0v) is 15.6. The lowest BCUT2D eigenvalue weighted by Crippen LogP contribution is -2.44. The summed E-state index contributed by atoms with van der Waals surface area (Å²) in [5.74, 6) is 0.405. The van der Waals surface area contributed by atoms with Crippen LogP contribution in [0.5, 0.6) is 0 Å². The highest BCUT2D eigenvalue weighted by Crippen LogP contribution is 2.38. The molecule has 0 spiro atoms. The van der Waals surface area contributed by atoms with Gasteiger partial charge in [0.25, 0.3) is 0 Å². The van der Waals surface area contributed by atoms with E-state index in [0.717, 1.165) is 3.39 Å². The van der Waals surface area contributed by atoms with E-state index in [0.29, 0.717) is 5.92 Å². The van der Waals surface area contributed by atoms with Crippen LogP contribution in [0.1, 0.15) is 34.6 Å². The molecule has 0 radical (unpaired) electrons. The predicted octanol–water partition coefficient (Wildman–Crippen LogP) is 5.66. The van der Waals surface area contributed by atoms with E-state index in [4.69, 9.17) is 4.43 Å². The molecule has 0 amide bonds. The molecule has 4 heteroatoms. The molecule has 0 aliphatic carbocycles. The van der Waals surface area contributed by atoms with Gasteiger partial charge in [-0.05, 0) is 56.9 Å². The van der Waals surface area contributed by atoms with Crippen LogP contribution in [0.15, 0.2) is 9.47 Å². The average Bonchev–Trinajstić information content (AvgIpc) is 1.99. The van der Waals surface area contributed by atoms with Crippen molar-refractivity contribution in [3.8, 4) is 0 Å². The van der Waals surface area contributed by atoms with Gasteiger partial charge in [-0.1, -0.05) is 33.8 Å². The lowest BCUT2D eigenvalue weighted by molar-refractivity contribution is 0.164. The Hall–Kier alpha value is 0.877. The largest absolute Gasteiger partial charge is 0.414 e. The van der Waals surface area contributed by atoms with Crippen LogP contribution in [0.25, 0.3) is 0 Å². The maximum atomic E-state index is 6.32. The second-order valence-corrected chi connectivity index (χ2v) is 13.4. The van der Waals surface area contributed by atoms with Gasteiger partial charge in [0.1, 0.15) is 0 Å². The van der Waals surface area contributed by atoms with Crippen molar-refractivity contribution in [2.45, 2.75) is 58.9 Å². The van der Waals surface area contributed by atoms with Crippen LogP contribution in [0.4, 0.5) is 0 Å². The third kappa shape index (κ3) is 5.47. The first-order chi connectivity index (χ1) is 6.97.